The van der Waals surface area contributed by atoms with Crippen LogP contribution in [0.15, 0.2) is 46.7 Å². The fraction of sp³-hybridized carbons (Fsp3) is 0.316. The highest BCUT2D eigenvalue weighted by Gasteiger charge is 2.16. The van der Waals surface area contributed by atoms with Gasteiger partial charge in [0.25, 0.3) is 5.56 Å². The van der Waals surface area contributed by atoms with Crippen LogP contribution in [0.2, 0.25) is 0 Å². The Hall–Kier alpha value is -2.71. The largest absolute Gasteiger partial charge is 0.491 e. The van der Waals surface area contributed by atoms with Crippen LogP contribution in [0.3, 0.4) is 0 Å². The highest BCUT2D eigenvalue weighted by atomic mass is 32.1. The quantitative estimate of drug-likeness (QED) is 0.606. The maximum absolute atomic E-state index is 12.2. The van der Waals surface area contributed by atoms with Crippen LogP contribution in [-0.4, -0.2) is 34.7 Å². The lowest BCUT2D eigenvalue weighted by Gasteiger charge is -2.11. The summed E-state index contributed by atoms with van der Waals surface area (Å²) in [6.07, 6.45) is 3.89. The van der Waals surface area contributed by atoms with Crippen molar-refractivity contribution >= 4 is 22.3 Å². The molecule has 0 spiro atoms. The third-order valence-corrected chi connectivity index (χ3v) is 5.01. The van der Waals surface area contributed by atoms with Crippen molar-refractivity contribution in [1.29, 1.82) is 0 Å². The molecule has 2 aromatic heterocycles. The minimum atomic E-state index is -0.478. The Balaban J connectivity index is 1.33. The number of rotatable bonds is 6. The van der Waals surface area contributed by atoms with Gasteiger partial charge in [0.15, 0.2) is 4.96 Å². The number of hydrogen-bond donors (Lipinski definition) is 0. The Kier molecular flexibility index (Phi) is 5.17. The van der Waals surface area contributed by atoms with Crippen molar-refractivity contribution in [1.82, 2.24) is 9.38 Å². The molecular formula is C19H18N2O5S. The van der Waals surface area contributed by atoms with Gasteiger partial charge in [0.2, 0.25) is 0 Å². The Morgan fingerprint density at radius 3 is 2.96 bits per heavy atom. The van der Waals surface area contributed by atoms with Gasteiger partial charge >= 0.3 is 5.97 Å². The molecule has 1 atom stereocenters. The predicted molar refractivity (Wildman–Crippen MR) is 99.4 cm³/mol. The smallest absolute Gasteiger partial charge is 0.338 e. The number of thiazole rings is 1. The van der Waals surface area contributed by atoms with E-state index in [2.05, 4.69) is 4.98 Å². The average Bonchev–Trinajstić information content (AvgIpc) is 3.37. The highest BCUT2D eigenvalue weighted by Crippen LogP contribution is 2.17. The minimum absolute atomic E-state index is 0.0558. The first-order valence-corrected chi connectivity index (χ1v) is 9.54. The first-order valence-electron chi connectivity index (χ1n) is 8.66. The first-order chi connectivity index (χ1) is 13.2. The summed E-state index contributed by atoms with van der Waals surface area (Å²) in [6.45, 7) is 1.25. The summed E-state index contributed by atoms with van der Waals surface area (Å²) in [5.74, 6) is 0.203. The molecule has 1 aromatic carbocycles. The molecule has 0 amide bonds. The van der Waals surface area contributed by atoms with Crippen molar-refractivity contribution < 1.29 is 19.0 Å². The molecule has 140 valence electrons. The summed E-state index contributed by atoms with van der Waals surface area (Å²) in [4.78, 5) is 29.0. The first kappa shape index (κ1) is 17.7. The standard InChI is InChI=1S/C19H18N2O5S/c22-17-10-14(20-19-21(17)7-9-27-19)11-26-18(23)13-3-5-15(6-4-13)25-12-16-2-1-8-24-16/h3-7,9-10,16H,1-2,8,11-12H2/t16-/m1/s1. The van der Waals surface area contributed by atoms with E-state index in [1.165, 1.54) is 21.8 Å². The van der Waals surface area contributed by atoms with Crippen LogP contribution in [0.5, 0.6) is 5.75 Å². The molecule has 0 aliphatic carbocycles. The number of esters is 1. The fourth-order valence-electron chi connectivity index (χ4n) is 2.84. The summed E-state index contributed by atoms with van der Waals surface area (Å²) in [6, 6.07) is 8.13. The van der Waals surface area contributed by atoms with Gasteiger partial charge in [0, 0.05) is 24.3 Å². The summed E-state index contributed by atoms with van der Waals surface area (Å²) in [5, 5.41) is 1.78. The summed E-state index contributed by atoms with van der Waals surface area (Å²) in [5.41, 5.74) is 0.640. The lowest BCUT2D eigenvalue weighted by atomic mass is 10.2. The maximum Gasteiger partial charge on any atom is 0.338 e. The number of nitrogens with zero attached hydrogens (tertiary/aromatic N) is 2. The molecule has 3 aromatic rings. The van der Waals surface area contributed by atoms with Crippen LogP contribution in [0, 0.1) is 0 Å². The molecule has 7 nitrogen and oxygen atoms in total. The summed E-state index contributed by atoms with van der Waals surface area (Å²) >= 11 is 1.35. The van der Waals surface area contributed by atoms with Gasteiger partial charge in [-0.05, 0) is 37.1 Å². The second kappa shape index (κ2) is 7.89. The molecular weight excluding hydrogens is 368 g/mol. The van der Waals surface area contributed by atoms with Crippen LogP contribution in [0.4, 0.5) is 0 Å². The topological polar surface area (TPSA) is 79.1 Å². The minimum Gasteiger partial charge on any atom is -0.491 e. The number of carbonyl (C=O) groups is 1. The second-order valence-electron chi connectivity index (χ2n) is 6.19. The normalized spacial score (nSPS) is 16.5. The average molecular weight is 386 g/mol. The zero-order chi connectivity index (χ0) is 18.6. The molecule has 1 aliphatic rings. The third-order valence-electron chi connectivity index (χ3n) is 4.26. The van der Waals surface area contributed by atoms with Gasteiger partial charge in [-0.15, -0.1) is 11.3 Å². The molecule has 27 heavy (non-hydrogen) atoms. The zero-order valence-corrected chi connectivity index (χ0v) is 15.3. The zero-order valence-electron chi connectivity index (χ0n) is 14.5. The lowest BCUT2D eigenvalue weighted by molar-refractivity contribution is 0.0467. The molecule has 0 radical (unpaired) electrons. The van der Waals surface area contributed by atoms with Crippen molar-refractivity contribution in [2.75, 3.05) is 13.2 Å². The number of ether oxygens (including phenoxy) is 3. The monoisotopic (exact) mass is 386 g/mol. The summed E-state index contributed by atoms with van der Waals surface area (Å²) in [7, 11) is 0. The van der Waals surface area contributed by atoms with Gasteiger partial charge in [0.1, 0.15) is 19.0 Å². The van der Waals surface area contributed by atoms with E-state index in [-0.39, 0.29) is 18.3 Å². The van der Waals surface area contributed by atoms with E-state index < -0.39 is 5.97 Å². The van der Waals surface area contributed by atoms with Crippen LogP contribution >= 0.6 is 11.3 Å². The SMILES string of the molecule is O=C(OCc1cc(=O)n2ccsc2n1)c1ccc(OC[C@H]2CCCO2)cc1. The molecule has 0 bridgehead atoms. The van der Waals surface area contributed by atoms with E-state index in [1.807, 2.05) is 0 Å². The molecule has 8 heteroatoms. The van der Waals surface area contributed by atoms with Crippen molar-refractivity contribution in [3.8, 4) is 5.75 Å². The van der Waals surface area contributed by atoms with Crippen molar-refractivity contribution in [2.24, 2.45) is 0 Å². The number of hydrogen-bond acceptors (Lipinski definition) is 7. The third kappa shape index (κ3) is 4.17. The van der Waals surface area contributed by atoms with Crippen molar-refractivity contribution in [3.63, 3.8) is 0 Å². The molecule has 0 unspecified atom stereocenters. The van der Waals surface area contributed by atoms with Crippen LogP contribution in [0.1, 0.15) is 28.9 Å². The molecule has 3 heterocycles. The second-order valence-corrected chi connectivity index (χ2v) is 7.06. The van der Waals surface area contributed by atoms with E-state index in [4.69, 9.17) is 14.2 Å². The fourth-order valence-corrected chi connectivity index (χ4v) is 3.58. The maximum atomic E-state index is 12.2. The molecule has 0 saturated carbocycles. The Morgan fingerprint density at radius 2 is 2.19 bits per heavy atom. The van der Waals surface area contributed by atoms with E-state index in [0.717, 1.165) is 19.4 Å². The lowest BCUT2D eigenvalue weighted by Crippen LogP contribution is -2.16. The van der Waals surface area contributed by atoms with Gasteiger partial charge in [-0.3, -0.25) is 9.20 Å². The highest BCUT2D eigenvalue weighted by molar-refractivity contribution is 7.15. The number of benzene rings is 1. The summed E-state index contributed by atoms with van der Waals surface area (Å²) < 4.78 is 17.9. The molecule has 1 fully saturated rings. The van der Waals surface area contributed by atoms with E-state index >= 15 is 0 Å². The van der Waals surface area contributed by atoms with Crippen molar-refractivity contribution in [3.05, 3.63) is 63.5 Å². The molecule has 0 N–H and O–H groups in total. The van der Waals surface area contributed by atoms with Gasteiger partial charge in [-0.2, -0.15) is 0 Å². The van der Waals surface area contributed by atoms with Gasteiger partial charge < -0.3 is 14.2 Å². The van der Waals surface area contributed by atoms with Gasteiger partial charge in [-0.1, -0.05) is 0 Å². The van der Waals surface area contributed by atoms with Crippen LogP contribution < -0.4 is 10.3 Å². The Bertz CT molecular complexity index is 989. The van der Waals surface area contributed by atoms with E-state index in [1.54, 1.807) is 35.8 Å². The predicted octanol–water partition coefficient (Wildman–Crippen LogP) is 2.67. The van der Waals surface area contributed by atoms with Gasteiger partial charge in [-0.25, -0.2) is 9.78 Å². The van der Waals surface area contributed by atoms with Crippen LogP contribution in [0.25, 0.3) is 4.96 Å². The molecule has 1 saturated heterocycles. The Labute approximate surface area is 159 Å². The molecule has 1 aliphatic heterocycles. The van der Waals surface area contributed by atoms with E-state index in [9.17, 15) is 9.59 Å². The Morgan fingerprint density at radius 1 is 1.33 bits per heavy atom. The number of fused-ring (bicyclic) bond motifs is 1. The molecule has 4 rings (SSSR count). The van der Waals surface area contributed by atoms with Crippen LogP contribution in [-0.2, 0) is 16.1 Å². The van der Waals surface area contributed by atoms with E-state index in [0.29, 0.717) is 28.6 Å². The number of carbonyl (C=O) groups excluding carboxylic acids is 1. The van der Waals surface area contributed by atoms with Crippen molar-refractivity contribution in [2.45, 2.75) is 25.6 Å². The number of aromatic nitrogens is 2. The van der Waals surface area contributed by atoms with Gasteiger partial charge in [0.05, 0.1) is 17.4 Å².